The number of esters is 2. The number of fused-ring (bicyclic) bond motifs is 1. The molecule has 0 aromatic heterocycles. The Morgan fingerprint density at radius 1 is 0.903 bits per heavy atom. The number of ketones is 1. The summed E-state index contributed by atoms with van der Waals surface area (Å²) in [5.41, 5.74) is 0.604. The Kier molecular flexibility index (Phi) is 23.6. The van der Waals surface area contributed by atoms with Crippen LogP contribution in [-0.2, 0) is 59.0 Å². The van der Waals surface area contributed by atoms with Crippen LogP contribution >= 0.6 is 0 Å². The highest BCUT2D eigenvalue weighted by molar-refractivity contribution is 6.05. The molecule has 0 radical (unpaired) electrons. The van der Waals surface area contributed by atoms with Gasteiger partial charge in [-0.1, -0.05) is 80.9 Å². The minimum absolute atomic E-state index is 0.0762. The van der Waals surface area contributed by atoms with Gasteiger partial charge in [0.25, 0.3) is 0 Å². The summed E-state index contributed by atoms with van der Waals surface area (Å²) >= 11 is 0. The van der Waals surface area contributed by atoms with E-state index < -0.39 is 126 Å². The SMILES string of the molecule is CCCC(=O)N(C)[C@H](CC(C)C)C(=O)N[C@@H]1C(=O)N[C@H]([C@@H](C)CC)[C@@H](O)CC(=O)OC(C(C)C)C(=O)[C@H](C)C(=O)N[C@@H](CC(C)C)C(=O)N2CCC[C@H]2C(=O)N(C)[C@@H](Cc2ccc(OC)cc2)C(=O)O[C@@H]1C. The molecule has 72 heavy (non-hydrogen) atoms. The van der Waals surface area contributed by atoms with Crippen molar-refractivity contribution in [3.63, 3.8) is 0 Å². The van der Waals surface area contributed by atoms with Gasteiger partial charge in [-0.3, -0.25) is 38.4 Å². The Labute approximate surface area is 426 Å². The first-order chi connectivity index (χ1) is 33.8. The second-order valence-electron chi connectivity index (χ2n) is 20.9. The van der Waals surface area contributed by atoms with E-state index in [1.807, 2.05) is 34.6 Å². The van der Waals surface area contributed by atoms with Crippen molar-refractivity contribution in [2.24, 2.45) is 29.6 Å². The fourth-order valence-electron chi connectivity index (χ4n) is 9.17. The third kappa shape index (κ3) is 16.5. The molecule has 6 amide bonds. The Hall–Kier alpha value is -5.59. The summed E-state index contributed by atoms with van der Waals surface area (Å²) in [5.74, 6) is -8.67. The highest BCUT2D eigenvalue weighted by Crippen LogP contribution is 2.26. The van der Waals surface area contributed by atoms with Gasteiger partial charge in [-0.2, -0.15) is 0 Å². The number of rotatable bonds is 15. The molecule has 3 rings (SSSR count). The minimum Gasteiger partial charge on any atom is -0.497 e. The van der Waals surface area contributed by atoms with E-state index >= 15 is 0 Å². The normalized spacial score (nSPS) is 26.6. The largest absolute Gasteiger partial charge is 0.497 e. The molecule has 2 aliphatic rings. The van der Waals surface area contributed by atoms with Crippen LogP contribution in [0.2, 0.25) is 0 Å². The number of nitrogens with one attached hydrogen (secondary N) is 3. The highest BCUT2D eigenvalue weighted by Gasteiger charge is 2.45. The van der Waals surface area contributed by atoms with Gasteiger partial charge in [0.1, 0.15) is 42.1 Å². The van der Waals surface area contributed by atoms with Crippen LogP contribution in [0.25, 0.3) is 0 Å². The molecule has 2 heterocycles. The summed E-state index contributed by atoms with van der Waals surface area (Å²) < 4.78 is 17.2. The second kappa shape index (κ2) is 28.0. The number of carbonyl (C=O) groups excluding carboxylic acids is 9. The predicted octanol–water partition coefficient (Wildman–Crippen LogP) is 3.74. The maximum absolute atomic E-state index is 14.8. The first kappa shape index (κ1) is 60.7. The van der Waals surface area contributed by atoms with Crippen LogP contribution in [0.1, 0.15) is 133 Å². The number of carbonyl (C=O) groups is 9. The highest BCUT2D eigenvalue weighted by atomic mass is 16.6. The molecule has 404 valence electrons. The van der Waals surface area contributed by atoms with E-state index in [1.54, 1.807) is 52.0 Å². The Balaban J connectivity index is 2.28. The fourth-order valence-corrected chi connectivity index (χ4v) is 9.17. The zero-order valence-corrected chi connectivity index (χ0v) is 45.2. The average Bonchev–Trinajstić information content (AvgIpc) is 3.82. The van der Waals surface area contributed by atoms with Gasteiger partial charge < -0.3 is 50.0 Å². The molecule has 19 nitrogen and oxygen atoms in total. The quantitative estimate of drug-likeness (QED) is 0.145. The van der Waals surface area contributed by atoms with Crippen molar-refractivity contribution >= 4 is 53.2 Å². The van der Waals surface area contributed by atoms with Crippen molar-refractivity contribution in [1.29, 1.82) is 0 Å². The number of nitrogens with zero attached hydrogens (tertiary/aromatic N) is 3. The monoisotopic (exact) mass is 1010 g/mol. The lowest BCUT2D eigenvalue weighted by molar-refractivity contribution is -0.163. The topological polar surface area (TPSA) is 247 Å². The number of methoxy groups -OCH3 is 1. The van der Waals surface area contributed by atoms with Crippen LogP contribution in [0.15, 0.2) is 24.3 Å². The number of hydrogen-bond donors (Lipinski definition) is 4. The molecule has 19 heteroatoms. The van der Waals surface area contributed by atoms with Crippen LogP contribution in [0.5, 0.6) is 5.75 Å². The molecule has 11 atom stereocenters. The van der Waals surface area contributed by atoms with Gasteiger partial charge in [0.05, 0.1) is 31.6 Å². The molecular formula is C53H84N6O13. The molecule has 2 saturated heterocycles. The van der Waals surface area contributed by atoms with Gasteiger partial charge in [-0.05, 0) is 87.3 Å². The summed E-state index contributed by atoms with van der Waals surface area (Å²) in [6, 6.07) is -0.610. The van der Waals surface area contributed by atoms with Gasteiger partial charge in [0.15, 0.2) is 11.9 Å². The minimum atomic E-state index is -1.66. The van der Waals surface area contributed by atoms with E-state index in [0.717, 1.165) is 0 Å². The first-order valence-corrected chi connectivity index (χ1v) is 25.8. The lowest BCUT2D eigenvalue weighted by Crippen LogP contribution is -2.61. The summed E-state index contributed by atoms with van der Waals surface area (Å²) in [4.78, 5) is 132. The Morgan fingerprint density at radius 3 is 2.10 bits per heavy atom. The van der Waals surface area contributed by atoms with E-state index in [1.165, 1.54) is 49.8 Å². The number of hydrogen-bond acceptors (Lipinski definition) is 13. The first-order valence-electron chi connectivity index (χ1n) is 25.8. The third-order valence-electron chi connectivity index (χ3n) is 13.8. The summed E-state index contributed by atoms with van der Waals surface area (Å²) in [7, 11) is 4.43. The van der Waals surface area contributed by atoms with Crippen LogP contribution in [0.3, 0.4) is 0 Å². The lowest BCUT2D eigenvalue weighted by atomic mass is 9.91. The predicted molar refractivity (Wildman–Crippen MR) is 269 cm³/mol. The van der Waals surface area contributed by atoms with E-state index in [4.69, 9.17) is 14.2 Å². The molecule has 2 fully saturated rings. The van der Waals surface area contributed by atoms with E-state index in [2.05, 4.69) is 16.0 Å². The van der Waals surface area contributed by atoms with E-state index in [0.29, 0.717) is 30.6 Å². The number of cyclic esters (lactones) is 2. The van der Waals surface area contributed by atoms with Crippen LogP contribution in [0, 0.1) is 29.6 Å². The second-order valence-corrected chi connectivity index (χ2v) is 20.9. The lowest BCUT2D eigenvalue weighted by Gasteiger charge is -2.36. The number of aliphatic hydroxyl groups is 1. The maximum Gasteiger partial charge on any atom is 0.329 e. The van der Waals surface area contributed by atoms with Gasteiger partial charge in [-0.15, -0.1) is 0 Å². The molecule has 4 N–H and O–H groups in total. The number of Topliss-reactive ketones (excluding diaryl/α,β-unsaturated/α-hetero) is 1. The van der Waals surface area contributed by atoms with Gasteiger partial charge in [-0.25, -0.2) is 4.79 Å². The molecule has 1 aromatic carbocycles. The number of aliphatic hydroxyl groups excluding tert-OH is 1. The zero-order valence-electron chi connectivity index (χ0n) is 45.2. The standard InChI is InChI=1S/C53H84N6O13/c1-15-18-42(61)57(12)39(26-30(5)6)49(65)56-45-34(11)71-53(69)40(27-35-20-22-36(70-14)23-21-35)58(13)52(68)38-19-17-24-59(38)51(67)37(25-29(3)4)54-48(64)33(10)46(63)47(31(7)8)72-43(62)28-41(60)44(32(9)16-2)55-50(45)66/h20-23,29-34,37-41,44-45,47,60H,15-19,24-28H2,1-14H3,(H,54,64)(H,55,66)(H,56,65)/t32-,33-,34+,37-,38-,39+,40-,41-,44+,45-,47?/m0/s1. The molecular weight excluding hydrogens is 929 g/mol. The fraction of sp³-hybridized carbons (Fsp3) is 0.717. The maximum atomic E-state index is 14.8. The molecule has 2 aliphatic heterocycles. The van der Waals surface area contributed by atoms with E-state index in [-0.39, 0.29) is 56.4 Å². The average molecular weight is 1010 g/mol. The molecule has 0 spiro atoms. The summed E-state index contributed by atoms with van der Waals surface area (Å²) in [5, 5.41) is 20.0. The molecule has 1 unspecified atom stereocenters. The number of ether oxygens (including phenoxy) is 3. The van der Waals surface area contributed by atoms with Crippen molar-refractivity contribution in [3.05, 3.63) is 29.8 Å². The Morgan fingerprint density at radius 2 is 1.54 bits per heavy atom. The van der Waals surface area contributed by atoms with Crippen molar-refractivity contribution in [3.8, 4) is 5.75 Å². The smallest absolute Gasteiger partial charge is 0.329 e. The zero-order chi connectivity index (χ0) is 54.3. The van der Waals surface area contributed by atoms with Crippen LogP contribution < -0.4 is 20.7 Å². The van der Waals surface area contributed by atoms with Gasteiger partial charge in [0.2, 0.25) is 35.4 Å². The molecule has 0 saturated carbocycles. The van der Waals surface area contributed by atoms with Gasteiger partial charge >= 0.3 is 11.9 Å². The summed E-state index contributed by atoms with van der Waals surface area (Å²) in [6.45, 7) is 19.0. The number of likely N-dealkylation sites (N-methyl/N-ethyl adjacent to an activating group) is 2. The number of amides is 6. The van der Waals surface area contributed by atoms with Crippen molar-refractivity contribution < 1.29 is 62.5 Å². The molecule has 0 aliphatic carbocycles. The van der Waals surface area contributed by atoms with Crippen molar-refractivity contribution in [2.75, 3.05) is 27.7 Å². The van der Waals surface area contributed by atoms with Crippen molar-refractivity contribution in [1.82, 2.24) is 30.7 Å². The molecule has 0 bridgehead atoms. The van der Waals surface area contributed by atoms with Crippen molar-refractivity contribution in [2.45, 2.75) is 189 Å². The Bertz CT molecular complexity index is 2050. The summed E-state index contributed by atoms with van der Waals surface area (Å²) in [6.07, 6.45) is -3.13. The number of benzene rings is 1. The van der Waals surface area contributed by atoms with Crippen LogP contribution in [-0.4, -0.2) is 155 Å². The van der Waals surface area contributed by atoms with E-state index in [9.17, 15) is 48.3 Å². The molecule has 1 aromatic rings. The third-order valence-corrected chi connectivity index (χ3v) is 13.8. The van der Waals surface area contributed by atoms with Gasteiger partial charge in [0, 0.05) is 33.5 Å². The van der Waals surface area contributed by atoms with Crippen LogP contribution in [0.4, 0.5) is 0 Å².